The maximum Gasteiger partial charge on any atom is 0.254 e. The Morgan fingerprint density at radius 2 is 2.30 bits per heavy atom. The fourth-order valence-electron chi connectivity index (χ4n) is 2.23. The number of rotatable bonds is 2. The fraction of sp³-hybridized carbons (Fsp3) is 0.467. The monoisotopic (exact) mass is 274 g/mol. The Balaban J connectivity index is 2.15. The summed E-state index contributed by atoms with van der Waals surface area (Å²) in [6, 6.07) is 9.26. The summed E-state index contributed by atoms with van der Waals surface area (Å²) in [7, 11) is 0. The van der Waals surface area contributed by atoms with Gasteiger partial charge in [0.05, 0.1) is 24.8 Å². The number of nitriles is 1. The number of aliphatic hydroxyl groups is 1. The van der Waals surface area contributed by atoms with Gasteiger partial charge in [0.2, 0.25) is 0 Å². The molecule has 5 nitrogen and oxygen atoms in total. The summed E-state index contributed by atoms with van der Waals surface area (Å²) < 4.78 is 5.67. The third-order valence-corrected chi connectivity index (χ3v) is 3.26. The van der Waals surface area contributed by atoms with Gasteiger partial charge < -0.3 is 14.7 Å². The molecule has 20 heavy (non-hydrogen) atoms. The molecule has 0 saturated carbocycles. The standard InChI is InChI=1S/C15H18N2O3/c1-15(2,19)14(18)17-6-7-20-13(10-17)12-5-3-4-11(8-12)9-16/h3-5,8,13,19H,6-7,10H2,1-2H3. The van der Waals surface area contributed by atoms with Gasteiger partial charge in [-0.3, -0.25) is 4.79 Å². The summed E-state index contributed by atoms with van der Waals surface area (Å²) in [6.07, 6.45) is -0.261. The van der Waals surface area contributed by atoms with Crippen LogP contribution in [0, 0.1) is 11.3 Å². The highest BCUT2D eigenvalue weighted by Gasteiger charge is 2.33. The van der Waals surface area contributed by atoms with Crippen LogP contribution in [0.1, 0.15) is 31.1 Å². The van der Waals surface area contributed by atoms with Gasteiger partial charge in [0.1, 0.15) is 11.7 Å². The molecule has 1 aliphatic rings. The van der Waals surface area contributed by atoms with Crippen molar-refractivity contribution in [2.45, 2.75) is 25.6 Å². The van der Waals surface area contributed by atoms with E-state index in [1.807, 2.05) is 6.07 Å². The van der Waals surface area contributed by atoms with Gasteiger partial charge in [-0.25, -0.2) is 0 Å². The van der Waals surface area contributed by atoms with Gasteiger partial charge in [-0.2, -0.15) is 5.26 Å². The average molecular weight is 274 g/mol. The van der Waals surface area contributed by atoms with E-state index < -0.39 is 5.60 Å². The minimum Gasteiger partial charge on any atom is -0.381 e. The van der Waals surface area contributed by atoms with Crippen LogP contribution in [0.25, 0.3) is 0 Å². The first-order valence-electron chi connectivity index (χ1n) is 6.55. The summed E-state index contributed by atoms with van der Waals surface area (Å²) >= 11 is 0. The predicted octanol–water partition coefficient (Wildman–Crippen LogP) is 1.23. The van der Waals surface area contributed by atoms with Crippen molar-refractivity contribution in [1.29, 1.82) is 5.26 Å². The lowest BCUT2D eigenvalue weighted by Gasteiger charge is -2.36. The molecule has 1 heterocycles. The Labute approximate surface area is 118 Å². The zero-order valence-corrected chi connectivity index (χ0v) is 11.7. The van der Waals surface area contributed by atoms with Crippen LogP contribution in [-0.2, 0) is 9.53 Å². The molecule has 1 fully saturated rings. The van der Waals surface area contributed by atoms with Crippen LogP contribution in [0.5, 0.6) is 0 Å². The van der Waals surface area contributed by atoms with Crippen molar-refractivity contribution >= 4 is 5.91 Å². The summed E-state index contributed by atoms with van der Waals surface area (Å²) in [6.45, 7) is 4.24. The zero-order valence-electron chi connectivity index (χ0n) is 11.7. The summed E-state index contributed by atoms with van der Waals surface area (Å²) in [5.41, 5.74) is 0.0606. The Morgan fingerprint density at radius 3 is 2.95 bits per heavy atom. The number of carbonyl (C=O) groups excluding carboxylic acids is 1. The van der Waals surface area contributed by atoms with Crippen LogP contribution in [-0.4, -0.2) is 41.2 Å². The minimum atomic E-state index is -1.38. The number of morpholine rings is 1. The fourth-order valence-corrected chi connectivity index (χ4v) is 2.23. The highest BCUT2D eigenvalue weighted by Crippen LogP contribution is 2.24. The molecule has 1 N–H and O–H groups in total. The van der Waals surface area contributed by atoms with E-state index in [1.165, 1.54) is 13.8 Å². The van der Waals surface area contributed by atoms with Crippen molar-refractivity contribution in [1.82, 2.24) is 4.90 Å². The van der Waals surface area contributed by atoms with Crippen LogP contribution in [0.15, 0.2) is 24.3 Å². The number of nitrogens with zero attached hydrogens (tertiary/aromatic N) is 2. The van der Waals surface area contributed by atoms with Gasteiger partial charge in [-0.1, -0.05) is 12.1 Å². The highest BCUT2D eigenvalue weighted by atomic mass is 16.5. The van der Waals surface area contributed by atoms with Crippen molar-refractivity contribution in [3.05, 3.63) is 35.4 Å². The molecule has 0 aliphatic carbocycles. The lowest BCUT2D eigenvalue weighted by molar-refractivity contribution is -0.155. The molecule has 2 rings (SSSR count). The highest BCUT2D eigenvalue weighted by molar-refractivity contribution is 5.84. The van der Waals surface area contributed by atoms with Gasteiger partial charge in [0, 0.05) is 6.54 Å². The molecule has 1 aliphatic heterocycles. The van der Waals surface area contributed by atoms with Gasteiger partial charge in [-0.15, -0.1) is 0 Å². The Kier molecular flexibility index (Phi) is 4.07. The van der Waals surface area contributed by atoms with Crippen LogP contribution < -0.4 is 0 Å². The molecular weight excluding hydrogens is 256 g/mol. The molecule has 1 unspecified atom stereocenters. The second-order valence-electron chi connectivity index (χ2n) is 5.41. The van der Waals surface area contributed by atoms with Gasteiger partial charge in [0.25, 0.3) is 5.91 Å². The Bertz CT molecular complexity index is 543. The van der Waals surface area contributed by atoms with Crippen LogP contribution in [0.4, 0.5) is 0 Å². The SMILES string of the molecule is CC(C)(O)C(=O)N1CCOC(c2cccc(C#N)c2)C1. The molecule has 1 aromatic carbocycles. The largest absolute Gasteiger partial charge is 0.381 e. The van der Waals surface area contributed by atoms with E-state index in [4.69, 9.17) is 10.00 Å². The predicted molar refractivity (Wildman–Crippen MR) is 72.7 cm³/mol. The molecule has 1 amide bonds. The van der Waals surface area contributed by atoms with Crippen LogP contribution >= 0.6 is 0 Å². The summed E-state index contributed by atoms with van der Waals surface area (Å²) in [5, 5.41) is 18.7. The van der Waals surface area contributed by atoms with Crippen molar-refractivity contribution in [3.63, 3.8) is 0 Å². The summed E-state index contributed by atoms with van der Waals surface area (Å²) in [4.78, 5) is 13.7. The summed E-state index contributed by atoms with van der Waals surface area (Å²) in [5.74, 6) is -0.303. The van der Waals surface area contributed by atoms with Crippen LogP contribution in [0.2, 0.25) is 0 Å². The molecule has 1 saturated heterocycles. The van der Waals surface area contributed by atoms with E-state index in [1.54, 1.807) is 23.1 Å². The van der Waals surface area contributed by atoms with Crippen LogP contribution in [0.3, 0.4) is 0 Å². The third-order valence-electron chi connectivity index (χ3n) is 3.26. The quantitative estimate of drug-likeness (QED) is 0.880. The Hall–Kier alpha value is -1.90. The van der Waals surface area contributed by atoms with Gasteiger partial charge in [0.15, 0.2) is 0 Å². The smallest absolute Gasteiger partial charge is 0.254 e. The number of hydrogen-bond donors (Lipinski definition) is 1. The number of benzene rings is 1. The van der Waals surface area contributed by atoms with Crippen molar-refractivity contribution < 1.29 is 14.6 Å². The normalized spacial score (nSPS) is 19.5. The maximum atomic E-state index is 12.1. The van der Waals surface area contributed by atoms with E-state index in [9.17, 15) is 9.90 Å². The molecule has 1 aromatic rings. The molecule has 0 aromatic heterocycles. The molecule has 0 radical (unpaired) electrons. The Morgan fingerprint density at radius 1 is 1.55 bits per heavy atom. The third kappa shape index (κ3) is 3.16. The lowest BCUT2D eigenvalue weighted by atomic mass is 10.0. The average Bonchev–Trinajstić information content (AvgIpc) is 2.45. The maximum absolute atomic E-state index is 12.1. The van der Waals surface area contributed by atoms with Crippen molar-refractivity contribution in [2.24, 2.45) is 0 Å². The molecule has 106 valence electrons. The van der Waals surface area contributed by atoms with Gasteiger partial charge in [-0.05, 0) is 31.5 Å². The van der Waals surface area contributed by atoms with E-state index in [0.717, 1.165) is 5.56 Å². The van der Waals surface area contributed by atoms with E-state index in [-0.39, 0.29) is 12.0 Å². The van der Waals surface area contributed by atoms with E-state index >= 15 is 0 Å². The molecule has 0 bridgehead atoms. The van der Waals surface area contributed by atoms with Gasteiger partial charge >= 0.3 is 0 Å². The molecule has 0 spiro atoms. The topological polar surface area (TPSA) is 73.6 Å². The lowest BCUT2D eigenvalue weighted by Crippen LogP contribution is -2.50. The number of carbonyl (C=O) groups is 1. The first kappa shape index (κ1) is 14.5. The zero-order chi connectivity index (χ0) is 14.8. The molecule has 5 heteroatoms. The van der Waals surface area contributed by atoms with Crippen molar-refractivity contribution in [2.75, 3.05) is 19.7 Å². The second-order valence-corrected chi connectivity index (χ2v) is 5.41. The van der Waals surface area contributed by atoms with E-state index in [2.05, 4.69) is 6.07 Å². The molecule has 1 atom stereocenters. The van der Waals surface area contributed by atoms with Crippen molar-refractivity contribution in [3.8, 4) is 6.07 Å². The molecular formula is C15H18N2O3. The second kappa shape index (κ2) is 5.61. The first-order valence-corrected chi connectivity index (χ1v) is 6.55. The number of amides is 1. The minimum absolute atomic E-state index is 0.261. The first-order chi connectivity index (χ1) is 9.41. The number of ether oxygens (including phenoxy) is 1. The van der Waals surface area contributed by atoms with E-state index in [0.29, 0.717) is 25.3 Å². The number of hydrogen-bond acceptors (Lipinski definition) is 4.